The summed E-state index contributed by atoms with van der Waals surface area (Å²) in [7, 11) is 0. The molecule has 1 N–H and O–H groups in total. The number of fused-ring (bicyclic) bond motifs is 1. The van der Waals surface area contributed by atoms with Crippen molar-refractivity contribution in [3.63, 3.8) is 0 Å². The minimum atomic E-state index is 0.303. The summed E-state index contributed by atoms with van der Waals surface area (Å²) >= 11 is 0. The van der Waals surface area contributed by atoms with Crippen molar-refractivity contribution in [2.75, 3.05) is 6.61 Å². The van der Waals surface area contributed by atoms with Crippen LogP contribution in [-0.2, 0) is 6.42 Å². The highest BCUT2D eigenvalue weighted by Gasteiger charge is 2.22. The summed E-state index contributed by atoms with van der Waals surface area (Å²) in [4.78, 5) is 0. The van der Waals surface area contributed by atoms with E-state index in [1.807, 2.05) is 0 Å². The van der Waals surface area contributed by atoms with Crippen LogP contribution in [0.25, 0.3) is 0 Å². The van der Waals surface area contributed by atoms with Gasteiger partial charge in [-0.3, -0.25) is 0 Å². The van der Waals surface area contributed by atoms with Crippen LogP contribution in [0.5, 0.6) is 0 Å². The first-order chi connectivity index (χ1) is 5.83. The Bertz CT molecular complexity index is 291. The van der Waals surface area contributed by atoms with Gasteiger partial charge < -0.3 is 5.11 Å². The zero-order chi connectivity index (χ0) is 8.55. The monoisotopic (exact) mass is 162 g/mol. The number of rotatable bonds is 1. The maximum absolute atomic E-state index is 9.14. The zero-order valence-electron chi connectivity index (χ0n) is 7.38. The summed E-state index contributed by atoms with van der Waals surface area (Å²) in [6, 6.07) is 6.42. The lowest BCUT2D eigenvalue weighted by molar-refractivity contribution is 0.265. The Morgan fingerprint density at radius 2 is 2.33 bits per heavy atom. The van der Waals surface area contributed by atoms with Gasteiger partial charge in [0.05, 0.1) is 0 Å². The van der Waals surface area contributed by atoms with E-state index in [2.05, 4.69) is 25.1 Å². The zero-order valence-corrected chi connectivity index (χ0v) is 7.38. The number of hydrogen-bond donors (Lipinski definition) is 1. The SMILES string of the molecule is Cc1cccc2c1C(CO)CC2. The molecule has 1 aliphatic carbocycles. The van der Waals surface area contributed by atoms with E-state index >= 15 is 0 Å². The van der Waals surface area contributed by atoms with E-state index in [-0.39, 0.29) is 0 Å². The molecule has 1 aromatic carbocycles. The molecule has 12 heavy (non-hydrogen) atoms. The largest absolute Gasteiger partial charge is 0.396 e. The molecule has 1 unspecified atom stereocenters. The third-order valence-corrected chi connectivity index (χ3v) is 2.81. The second kappa shape index (κ2) is 2.91. The highest BCUT2D eigenvalue weighted by Crippen LogP contribution is 2.34. The van der Waals surface area contributed by atoms with Crippen LogP contribution >= 0.6 is 0 Å². The minimum Gasteiger partial charge on any atom is -0.396 e. The fourth-order valence-electron chi connectivity index (χ4n) is 2.20. The molecule has 0 spiro atoms. The van der Waals surface area contributed by atoms with Gasteiger partial charge in [-0.15, -0.1) is 0 Å². The number of benzene rings is 1. The summed E-state index contributed by atoms with van der Waals surface area (Å²) in [5.41, 5.74) is 4.18. The molecule has 0 heterocycles. The Hall–Kier alpha value is -0.820. The van der Waals surface area contributed by atoms with Crippen LogP contribution in [0.3, 0.4) is 0 Å². The Morgan fingerprint density at radius 3 is 3.08 bits per heavy atom. The van der Waals surface area contributed by atoms with Crippen LogP contribution in [0.1, 0.15) is 29.0 Å². The number of aliphatic hydroxyl groups is 1. The van der Waals surface area contributed by atoms with Gasteiger partial charge in [0.2, 0.25) is 0 Å². The van der Waals surface area contributed by atoms with E-state index in [9.17, 15) is 0 Å². The van der Waals surface area contributed by atoms with Gasteiger partial charge in [-0.25, -0.2) is 0 Å². The van der Waals surface area contributed by atoms with Gasteiger partial charge >= 0.3 is 0 Å². The van der Waals surface area contributed by atoms with E-state index < -0.39 is 0 Å². The molecule has 2 rings (SSSR count). The second-order valence-corrected chi connectivity index (χ2v) is 3.57. The van der Waals surface area contributed by atoms with Crippen molar-refractivity contribution in [3.05, 3.63) is 34.9 Å². The average molecular weight is 162 g/mol. The van der Waals surface area contributed by atoms with E-state index in [4.69, 9.17) is 5.11 Å². The van der Waals surface area contributed by atoms with Crippen molar-refractivity contribution in [1.82, 2.24) is 0 Å². The molecule has 1 aliphatic rings. The minimum absolute atomic E-state index is 0.303. The number of aryl methyl sites for hydroxylation is 2. The predicted octanol–water partition coefficient (Wildman–Crippen LogP) is 2.02. The predicted molar refractivity (Wildman–Crippen MR) is 49.3 cm³/mol. The second-order valence-electron chi connectivity index (χ2n) is 3.57. The van der Waals surface area contributed by atoms with Crippen molar-refractivity contribution in [2.24, 2.45) is 0 Å². The van der Waals surface area contributed by atoms with Gasteiger partial charge in [0.1, 0.15) is 0 Å². The van der Waals surface area contributed by atoms with Crippen LogP contribution in [-0.4, -0.2) is 11.7 Å². The van der Waals surface area contributed by atoms with Crippen molar-refractivity contribution in [2.45, 2.75) is 25.7 Å². The molecule has 0 fully saturated rings. The lowest BCUT2D eigenvalue weighted by Crippen LogP contribution is -2.00. The van der Waals surface area contributed by atoms with Crippen LogP contribution < -0.4 is 0 Å². The molecule has 0 radical (unpaired) electrons. The molecule has 1 nitrogen and oxygen atoms in total. The average Bonchev–Trinajstić information content (AvgIpc) is 2.49. The molecule has 0 saturated carbocycles. The summed E-state index contributed by atoms with van der Waals surface area (Å²) in [6.07, 6.45) is 2.26. The molecular formula is C11H14O. The highest BCUT2D eigenvalue weighted by molar-refractivity contribution is 5.40. The van der Waals surface area contributed by atoms with Crippen molar-refractivity contribution in [3.8, 4) is 0 Å². The highest BCUT2D eigenvalue weighted by atomic mass is 16.3. The maximum Gasteiger partial charge on any atom is 0.0500 e. The van der Waals surface area contributed by atoms with Crippen molar-refractivity contribution >= 4 is 0 Å². The third-order valence-electron chi connectivity index (χ3n) is 2.81. The van der Waals surface area contributed by atoms with Crippen LogP contribution in [0.2, 0.25) is 0 Å². The van der Waals surface area contributed by atoms with Gasteiger partial charge in [0, 0.05) is 12.5 Å². The third kappa shape index (κ3) is 1.05. The molecule has 0 saturated heterocycles. The lowest BCUT2D eigenvalue weighted by atomic mass is 9.97. The molecule has 1 aromatic rings. The lowest BCUT2D eigenvalue weighted by Gasteiger charge is -2.10. The van der Waals surface area contributed by atoms with E-state index in [1.54, 1.807) is 0 Å². The van der Waals surface area contributed by atoms with E-state index in [0.29, 0.717) is 12.5 Å². The first kappa shape index (κ1) is 7.81. The Morgan fingerprint density at radius 1 is 1.50 bits per heavy atom. The van der Waals surface area contributed by atoms with Crippen molar-refractivity contribution < 1.29 is 5.11 Å². The van der Waals surface area contributed by atoms with Crippen LogP contribution in [0.4, 0.5) is 0 Å². The van der Waals surface area contributed by atoms with Gasteiger partial charge in [0.25, 0.3) is 0 Å². The molecule has 1 heteroatoms. The number of hydrogen-bond acceptors (Lipinski definition) is 1. The topological polar surface area (TPSA) is 20.2 Å². The Kier molecular flexibility index (Phi) is 1.89. The molecule has 0 bridgehead atoms. The first-order valence-electron chi connectivity index (χ1n) is 4.52. The first-order valence-corrected chi connectivity index (χ1v) is 4.52. The normalized spacial score (nSPS) is 21.0. The molecule has 0 amide bonds. The van der Waals surface area contributed by atoms with Crippen LogP contribution in [0.15, 0.2) is 18.2 Å². The van der Waals surface area contributed by atoms with Gasteiger partial charge in [-0.2, -0.15) is 0 Å². The summed E-state index contributed by atoms with van der Waals surface area (Å²) < 4.78 is 0. The summed E-state index contributed by atoms with van der Waals surface area (Å²) in [5, 5.41) is 9.14. The smallest absolute Gasteiger partial charge is 0.0500 e. The van der Waals surface area contributed by atoms with Crippen LogP contribution in [0, 0.1) is 6.92 Å². The molecule has 64 valence electrons. The van der Waals surface area contributed by atoms with Gasteiger partial charge in [-0.1, -0.05) is 18.2 Å². The van der Waals surface area contributed by atoms with Gasteiger partial charge in [-0.05, 0) is 36.5 Å². The van der Waals surface area contributed by atoms with Crippen molar-refractivity contribution in [1.29, 1.82) is 0 Å². The fraction of sp³-hybridized carbons (Fsp3) is 0.455. The summed E-state index contributed by atoms with van der Waals surface area (Å²) in [5.74, 6) is 0.404. The molecular weight excluding hydrogens is 148 g/mol. The summed E-state index contributed by atoms with van der Waals surface area (Å²) in [6.45, 7) is 2.44. The molecule has 0 aromatic heterocycles. The molecule has 1 atom stereocenters. The Balaban J connectivity index is 2.48. The maximum atomic E-state index is 9.14. The molecule has 0 aliphatic heterocycles. The Labute approximate surface area is 73.0 Å². The number of aliphatic hydroxyl groups excluding tert-OH is 1. The van der Waals surface area contributed by atoms with E-state index in [1.165, 1.54) is 16.7 Å². The quantitative estimate of drug-likeness (QED) is 0.669. The van der Waals surface area contributed by atoms with Gasteiger partial charge in [0.15, 0.2) is 0 Å². The standard InChI is InChI=1S/C11H14O/c1-8-3-2-4-9-5-6-10(7-12)11(8)9/h2-4,10,12H,5-7H2,1H3. The van der Waals surface area contributed by atoms with E-state index in [0.717, 1.165) is 12.8 Å². The fourth-order valence-corrected chi connectivity index (χ4v) is 2.20.